The molecule has 0 bridgehead atoms. The van der Waals surface area contributed by atoms with E-state index in [1.165, 1.54) is 14.2 Å². The minimum absolute atomic E-state index is 0.297. The summed E-state index contributed by atoms with van der Waals surface area (Å²) in [5, 5.41) is 0.429. The summed E-state index contributed by atoms with van der Waals surface area (Å²) in [6.45, 7) is 1.67. The van der Waals surface area contributed by atoms with Crippen LogP contribution in [0.15, 0.2) is 4.99 Å². The van der Waals surface area contributed by atoms with E-state index >= 15 is 0 Å². The van der Waals surface area contributed by atoms with Crippen molar-refractivity contribution < 1.29 is 19.1 Å². The zero-order valence-electron chi connectivity index (χ0n) is 11.5. The zero-order valence-corrected chi connectivity index (χ0v) is 12.3. The Bertz CT molecular complexity index is 520. The number of hydrogen-bond acceptors (Lipinski definition) is 6. The summed E-state index contributed by atoms with van der Waals surface area (Å²) >= 11 is 1.10. The number of esters is 2. The third-order valence-corrected chi connectivity index (χ3v) is 3.47. The van der Waals surface area contributed by atoms with Crippen LogP contribution in [0.3, 0.4) is 0 Å². The normalized spacial score (nSPS) is 10.6. The second-order valence-corrected chi connectivity index (χ2v) is 4.93. The zero-order chi connectivity index (χ0) is 14.6. The van der Waals surface area contributed by atoms with E-state index in [0.717, 1.165) is 11.3 Å². The Balaban J connectivity index is 3.35. The second-order valence-electron chi connectivity index (χ2n) is 3.93. The lowest BCUT2D eigenvalue weighted by Crippen LogP contribution is -2.08. The van der Waals surface area contributed by atoms with Crippen molar-refractivity contribution in [2.75, 3.05) is 28.3 Å². The molecule has 0 unspecified atom stereocenters. The van der Waals surface area contributed by atoms with Gasteiger partial charge in [0.25, 0.3) is 0 Å². The number of rotatable bonds is 4. The van der Waals surface area contributed by atoms with E-state index in [-0.39, 0.29) is 0 Å². The molecular formula is C12H16N2O4S. The monoisotopic (exact) mass is 284 g/mol. The Kier molecular flexibility index (Phi) is 5.05. The summed E-state index contributed by atoms with van der Waals surface area (Å²) in [6, 6.07) is 0. The van der Waals surface area contributed by atoms with Crippen LogP contribution in [0.2, 0.25) is 0 Å². The molecule has 0 saturated heterocycles. The molecular weight excluding hydrogens is 268 g/mol. The molecule has 1 heterocycles. The van der Waals surface area contributed by atoms with Crippen LogP contribution in [0, 0.1) is 6.92 Å². The standard InChI is InChI=1S/C12H16N2O4S/c1-7-8(11(15)17-4)10(13-6-14(2)3)19-9(7)12(16)18-5/h6H,1-5H3. The Morgan fingerprint density at radius 2 is 1.79 bits per heavy atom. The minimum Gasteiger partial charge on any atom is -0.465 e. The lowest BCUT2D eigenvalue weighted by molar-refractivity contribution is 0.0601. The Morgan fingerprint density at radius 1 is 1.21 bits per heavy atom. The third kappa shape index (κ3) is 3.31. The fourth-order valence-electron chi connectivity index (χ4n) is 1.39. The Hall–Kier alpha value is -1.89. The van der Waals surface area contributed by atoms with Crippen molar-refractivity contribution >= 4 is 34.6 Å². The van der Waals surface area contributed by atoms with Crippen molar-refractivity contribution in [1.29, 1.82) is 0 Å². The first kappa shape index (κ1) is 15.2. The predicted octanol–water partition coefficient (Wildman–Crippen LogP) is 1.85. The molecule has 0 saturated carbocycles. The van der Waals surface area contributed by atoms with Crippen LogP contribution < -0.4 is 0 Å². The maximum Gasteiger partial charge on any atom is 0.348 e. The van der Waals surface area contributed by atoms with E-state index in [0.29, 0.717) is 21.0 Å². The SMILES string of the molecule is COC(=O)c1sc(N=CN(C)C)c(C(=O)OC)c1C. The highest BCUT2D eigenvalue weighted by Gasteiger charge is 2.25. The summed E-state index contributed by atoms with van der Waals surface area (Å²) in [5.41, 5.74) is 0.820. The van der Waals surface area contributed by atoms with E-state index in [9.17, 15) is 9.59 Å². The van der Waals surface area contributed by atoms with Crippen LogP contribution in [0.25, 0.3) is 0 Å². The molecule has 104 valence electrons. The maximum absolute atomic E-state index is 11.8. The summed E-state index contributed by atoms with van der Waals surface area (Å²) in [5.74, 6) is -1.01. The number of carbonyl (C=O) groups is 2. The lowest BCUT2D eigenvalue weighted by atomic mass is 10.1. The van der Waals surface area contributed by atoms with Crippen molar-refractivity contribution in [3.05, 3.63) is 16.0 Å². The molecule has 19 heavy (non-hydrogen) atoms. The fourth-order valence-corrected chi connectivity index (χ4v) is 2.44. The number of carbonyl (C=O) groups excluding carboxylic acids is 2. The number of ether oxygens (including phenoxy) is 2. The maximum atomic E-state index is 11.8. The van der Waals surface area contributed by atoms with Gasteiger partial charge in [0, 0.05) is 14.1 Å². The summed E-state index contributed by atoms with van der Waals surface area (Å²) in [7, 11) is 6.20. The molecule has 1 aromatic rings. The highest BCUT2D eigenvalue weighted by Crippen LogP contribution is 2.36. The third-order valence-electron chi connectivity index (χ3n) is 2.29. The van der Waals surface area contributed by atoms with E-state index in [2.05, 4.69) is 9.73 Å². The molecule has 0 fully saturated rings. The van der Waals surface area contributed by atoms with Crippen LogP contribution in [-0.2, 0) is 9.47 Å². The molecule has 1 aromatic heterocycles. The topological polar surface area (TPSA) is 68.2 Å². The number of aliphatic imine (C=N–C) groups is 1. The molecule has 1 rings (SSSR count). The van der Waals surface area contributed by atoms with Gasteiger partial charge in [0.15, 0.2) is 0 Å². The number of methoxy groups -OCH3 is 2. The molecule has 0 amide bonds. The minimum atomic E-state index is -0.519. The van der Waals surface area contributed by atoms with Gasteiger partial charge in [0.05, 0.1) is 20.6 Å². The van der Waals surface area contributed by atoms with Crippen LogP contribution in [0.5, 0.6) is 0 Å². The molecule has 6 nitrogen and oxygen atoms in total. The molecule has 0 aromatic carbocycles. The van der Waals surface area contributed by atoms with Crippen molar-refractivity contribution in [2.24, 2.45) is 4.99 Å². The van der Waals surface area contributed by atoms with Gasteiger partial charge in [0.1, 0.15) is 15.4 Å². The number of hydrogen-bond donors (Lipinski definition) is 0. The van der Waals surface area contributed by atoms with Gasteiger partial charge in [-0.3, -0.25) is 0 Å². The molecule has 0 aliphatic heterocycles. The first-order valence-corrected chi connectivity index (χ1v) is 6.24. The van der Waals surface area contributed by atoms with Crippen molar-refractivity contribution in [3.63, 3.8) is 0 Å². The van der Waals surface area contributed by atoms with E-state index < -0.39 is 11.9 Å². The smallest absolute Gasteiger partial charge is 0.348 e. The molecule has 0 aliphatic rings. The predicted molar refractivity (Wildman–Crippen MR) is 73.6 cm³/mol. The molecule has 0 spiro atoms. The average molecular weight is 284 g/mol. The Morgan fingerprint density at radius 3 is 2.26 bits per heavy atom. The van der Waals surface area contributed by atoms with E-state index in [1.54, 1.807) is 18.2 Å². The van der Waals surface area contributed by atoms with Gasteiger partial charge in [-0.15, -0.1) is 11.3 Å². The highest BCUT2D eigenvalue weighted by molar-refractivity contribution is 7.18. The summed E-state index contributed by atoms with van der Waals surface area (Å²) in [4.78, 5) is 29.7. The fraction of sp³-hybridized carbons (Fsp3) is 0.417. The van der Waals surface area contributed by atoms with Crippen LogP contribution in [0.4, 0.5) is 5.00 Å². The van der Waals surface area contributed by atoms with Gasteiger partial charge in [0.2, 0.25) is 0 Å². The van der Waals surface area contributed by atoms with Gasteiger partial charge >= 0.3 is 11.9 Å². The lowest BCUT2D eigenvalue weighted by Gasteiger charge is -2.03. The Labute approximate surface area is 115 Å². The molecule has 7 heteroatoms. The quantitative estimate of drug-likeness (QED) is 0.479. The first-order valence-electron chi connectivity index (χ1n) is 5.43. The van der Waals surface area contributed by atoms with Crippen LogP contribution in [-0.4, -0.2) is 51.5 Å². The number of nitrogens with zero attached hydrogens (tertiary/aromatic N) is 2. The van der Waals surface area contributed by atoms with Crippen LogP contribution >= 0.6 is 11.3 Å². The average Bonchev–Trinajstić information content (AvgIpc) is 2.71. The molecule has 0 aliphatic carbocycles. The largest absolute Gasteiger partial charge is 0.465 e. The molecule has 0 N–H and O–H groups in total. The van der Waals surface area contributed by atoms with Crippen molar-refractivity contribution in [3.8, 4) is 0 Å². The van der Waals surface area contributed by atoms with Gasteiger partial charge in [-0.25, -0.2) is 14.6 Å². The van der Waals surface area contributed by atoms with Crippen LogP contribution in [0.1, 0.15) is 25.6 Å². The molecule has 0 radical (unpaired) electrons. The van der Waals surface area contributed by atoms with Gasteiger partial charge in [-0.1, -0.05) is 0 Å². The van der Waals surface area contributed by atoms with Crippen molar-refractivity contribution in [2.45, 2.75) is 6.92 Å². The van der Waals surface area contributed by atoms with E-state index in [4.69, 9.17) is 4.74 Å². The highest BCUT2D eigenvalue weighted by atomic mass is 32.1. The summed E-state index contributed by atoms with van der Waals surface area (Å²) in [6.07, 6.45) is 1.55. The van der Waals surface area contributed by atoms with Gasteiger partial charge in [-0.2, -0.15) is 0 Å². The second kappa shape index (κ2) is 6.33. The number of thiophene rings is 1. The van der Waals surface area contributed by atoms with Gasteiger partial charge in [-0.05, 0) is 12.5 Å². The molecule has 0 atom stereocenters. The summed E-state index contributed by atoms with van der Waals surface area (Å²) < 4.78 is 9.40. The van der Waals surface area contributed by atoms with E-state index in [1.807, 2.05) is 14.1 Å². The van der Waals surface area contributed by atoms with Crippen molar-refractivity contribution in [1.82, 2.24) is 4.90 Å². The first-order chi connectivity index (χ1) is 8.92. The van der Waals surface area contributed by atoms with Gasteiger partial charge < -0.3 is 14.4 Å².